The van der Waals surface area contributed by atoms with Gasteiger partial charge in [0.2, 0.25) is 0 Å². The molecule has 0 aliphatic heterocycles. The summed E-state index contributed by atoms with van der Waals surface area (Å²) in [5.41, 5.74) is 5.08. The highest BCUT2D eigenvalue weighted by atomic mass is 35.5. The van der Waals surface area contributed by atoms with Gasteiger partial charge in [-0.25, -0.2) is 0 Å². The molecule has 0 unspecified atom stereocenters. The zero-order valence-electron chi connectivity index (χ0n) is 14.5. The Morgan fingerprint density at radius 2 is 0.885 bits per heavy atom. The first kappa shape index (κ1) is 18.9. The van der Waals surface area contributed by atoms with E-state index in [9.17, 15) is 0 Å². The summed E-state index contributed by atoms with van der Waals surface area (Å²) < 4.78 is 0. The summed E-state index contributed by atoms with van der Waals surface area (Å²) in [7, 11) is 0. The van der Waals surface area contributed by atoms with E-state index in [1.165, 1.54) is 22.3 Å². The first-order valence-corrected chi connectivity index (χ1v) is 9.43. The van der Waals surface area contributed by atoms with Crippen LogP contribution in [0.4, 0.5) is 0 Å². The lowest BCUT2D eigenvalue weighted by Gasteiger charge is -2.12. The highest BCUT2D eigenvalue weighted by Gasteiger charge is 2.02. The van der Waals surface area contributed by atoms with Crippen LogP contribution in [-0.2, 0) is 26.2 Å². The first-order valence-electron chi connectivity index (χ1n) is 8.68. The number of nitrogens with one attached hydrogen (secondary N) is 2. The van der Waals surface area contributed by atoms with E-state index in [1.807, 2.05) is 24.3 Å². The Hall–Kier alpha value is -1.84. The lowest BCUT2D eigenvalue weighted by Crippen LogP contribution is -2.17. The monoisotopic (exact) mass is 384 g/mol. The van der Waals surface area contributed by atoms with E-state index >= 15 is 0 Å². The van der Waals surface area contributed by atoms with E-state index in [0.717, 1.165) is 36.2 Å². The van der Waals surface area contributed by atoms with Crippen LogP contribution in [0.2, 0.25) is 10.0 Å². The normalized spacial score (nSPS) is 10.8. The molecule has 4 heteroatoms. The average molecular weight is 385 g/mol. The minimum Gasteiger partial charge on any atom is -0.309 e. The molecule has 0 aliphatic carbocycles. The molecule has 0 fully saturated rings. The van der Waals surface area contributed by atoms with Crippen molar-refractivity contribution in [2.45, 2.75) is 26.2 Å². The van der Waals surface area contributed by atoms with Crippen molar-refractivity contribution >= 4 is 23.2 Å². The van der Waals surface area contributed by atoms with Gasteiger partial charge in [0.05, 0.1) is 0 Å². The minimum atomic E-state index is 0.769. The number of hydrogen-bond donors (Lipinski definition) is 2. The van der Waals surface area contributed by atoms with Gasteiger partial charge in [0.1, 0.15) is 0 Å². The molecule has 0 aliphatic rings. The fourth-order valence-corrected chi connectivity index (χ4v) is 3.04. The molecule has 3 aromatic carbocycles. The second kappa shape index (κ2) is 9.75. The van der Waals surface area contributed by atoms with Gasteiger partial charge in [-0.3, -0.25) is 0 Å². The maximum absolute atomic E-state index is 5.93. The van der Waals surface area contributed by atoms with Crippen molar-refractivity contribution in [3.8, 4) is 0 Å². The number of rotatable bonds is 8. The summed E-state index contributed by atoms with van der Waals surface area (Å²) in [6.07, 6.45) is 0. The summed E-state index contributed by atoms with van der Waals surface area (Å²) in [5, 5.41) is 8.55. The van der Waals surface area contributed by atoms with E-state index < -0.39 is 0 Å². The van der Waals surface area contributed by atoms with Gasteiger partial charge in [-0.15, -0.1) is 0 Å². The molecule has 3 aromatic rings. The third-order valence-electron chi connectivity index (χ3n) is 4.23. The van der Waals surface area contributed by atoms with Crippen LogP contribution in [-0.4, -0.2) is 0 Å². The second-order valence-corrected chi connectivity index (χ2v) is 7.10. The van der Waals surface area contributed by atoms with Crippen molar-refractivity contribution in [3.63, 3.8) is 0 Å². The smallest absolute Gasteiger partial charge is 0.0406 e. The Labute approximate surface area is 165 Å². The fourth-order valence-electron chi connectivity index (χ4n) is 2.79. The number of halogens is 2. The molecule has 0 saturated carbocycles. The van der Waals surface area contributed by atoms with Gasteiger partial charge in [-0.2, -0.15) is 0 Å². The standard InChI is InChI=1S/C22H22Cl2N2/c23-21-9-5-17(6-10-21)13-25-15-19-3-1-2-4-20(19)16-26-14-18-7-11-22(24)12-8-18/h1-12,25-26H,13-16H2. The zero-order chi connectivity index (χ0) is 18.2. The van der Waals surface area contributed by atoms with Crippen molar-refractivity contribution in [2.75, 3.05) is 0 Å². The van der Waals surface area contributed by atoms with Crippen molar-refractivity contribution in [1.82, 2.24) is 10.6 Å². The van der Waals surface area contributed by atoms with E-state index in [1.54, 1.807) is 0 Å². The molecule has 0 radical (unpaired) electrons. The summed E-state index contributed by atoms with van der Waals surface area (Å²) in [6.45, 7) is 3.32. The van der Waals surface area contributed by atoms with E-state index in [2.05, 4.69) is 59.2 Å². The number of benzene rings is 3. The highest BCUT2D eigenvalue weighted by Crippen LogP contribution is 2.12. The molecule has 3 rings (SSSR count). The fraction of sp³-hybridized carbons (Fsp3) is 0.182. The molecule has 0 heterocycles. The lowest BCUT2D eigenvalue weighted by molar-refractivity contribution is 0.660. The van der Waals surface area contributed by atoms with Crippen molar-refractivity contribution in [2.24, 2.45) is 0 Å². The van der Waals surface area contributed by atoms with E-state index in [-0.39, 0.29) is 0 Å². The average Bonchev–Trinajstić information content (AvgIpc) is 2.66. The van der Waals surface area contributed by atoms with Gasteiger partial charge in [0.15, 0.2) is 0 Å². The Kier molecular flexibility index (Phi) is 7.10. The molecular formula is C22H22Cl2N2. The Bertz CT molecular complexity index is 744. The van der Waals surface area contributed by atoms with Crippen LogP contribution >= 0.6 is 23.2 Å². The van der Waals surface area contributed by atoms with Crippen molar-refractivity contribution < 1.29 is 0 Å². The Morgan fingerprint density at radius 1 is 0.500 bits per heavy atom. The van der Waals surface area contributed by atoms with Crippen LogP contribution in [0.15, 0.2) is 72.8 Å². The summed E-state index contributed by atoms with van der Waals surface area (Å²) >= 11 is 11.9. The molecule has 26 heavy (non-hydrogen) atoms. The quantitative estimate of drug-likeness (QED) is 0.530. The Balaban J connectivity index is 1.50. The summed E-state index contributed by atoms with van der Waals surface area (Å²) in [6, 6.07) is 24.4. The molecule has 134 valence electrons. The zero-order valence-corrected chi connectivity index (χ0v) is 16.0. The molecule has 2 nitrogen and oxygen atoms in total. The lowest BCUT2D eigenvalue weighted by atomic mass is 10.1. The number of hydrogen-bond acceptors (Lipinski definition) is 2. The molecule has 0 aromatic heterocycles. The van der Waals surface area contributed by atoms with Gasteiger partial charge >= 0.3 is 0 Å². The van der Waals surface area contributed by atoms with Crippen LogP contribution < -0.4 is 10.6 Å². The van der Waals surface area contributed by atoms with Gasteiger partial charge in [0, 0.05) is 36.2 Å². The van der Waals surface area contributed by atoms with Crippen LogP contribution in [0.1, 0.15) is 22.3 Å². The van der Waals surface area contributed by atoms with E-state index in [4.69, 9.17) is 23.2 Å². The van der Waals surface area contributed by atoms with Crippen molar-refractivity contribution in [1.29, 1.82) is 0 Å². The van der Waals surface area contributed by atoms with Crippen LogP contribution in [0, 0.1) is 0 Å². The van der Waals surface area contributed by atoms with Crippen LogP contribution in [0.5, 0.6) is 0 Å². The third-order valence-corrected chi connectivity index (χ3v) is 4.74. The third kappa shape index (κ3) is 5.86. The maximum atomic E-state index is 5.93. The summed E-state index contributed by atoms with van der Waals surface area (Å²) in [4.78, 5) is 0. The minimum absolute atomic E-state index is 0.769. The largest absolute Gasteiger partial charge is 0.309 e. The molecule has 0 bridgehead atoms. The van der Waals surface area contributed by atoms with Crippen LogP contribution in [0.25, 0.3) is 0 Å². The molecule has 0 spiro atoms. The van der Waals surface area contributed by atoms with Gasteiger partial charge in [-0.05, 0) is 46.5 Å². The highest BCUT2D eigenvalue weighted by molar-refractivity contribution is 6.30. The Morgan fingerprint density at radius 3 is 1.27 bits per heavy atom. The summed E-state index contributed by atoms with van der Waals surface area (Å²) in [5.74, 6) is 0. The predicted octanol–water partition coefficient (Wildman–Crippen LogP) is 5.57. The van der Waals surface area contributed by atoms with Crippen molar-refractivity contribution in [3.05, 3.63) is 105 Å². The van der Waals surface area contributed by atoms with Crippen LogP contribution in [0.3, 0.4) is 0 Å². The topological polar surface area (TPSA) is 24.1 Å². The van der Waals surface area contributed by atoms with E-state index in [0.29, 0.717) is 0 Å². The molecule has 2 N–H and O–H groups in total. The first-order chi connectivity index (χ1) is 12.7. The van der Waals surface area contributed by atoms with Gasteiger partial charge < -0.3 is 10.6 Å². The second-order valence-electron chi connectivity index (χ2n) is 6.23. The van der Waals surface area contributed by atoms with Gasteiger partial charge in [0.25, 0.3) is 0 Å². The maximum Gasteiger partial charge on any atom is 0.0406 e. The molecule has 0 amide bonds. The molecule has 0 saturated heterocycles. The SMILES string of the molecule is Clc1ccc(CNCc2ccccc2CNCc2ccc(Cl)cc2)cc1. The predicted molar refractivity (Wildman–Crippen MR) is 110 cm³/mol. The molecular weight excluding hydrogens is 363 g/mol. The molecule has 0 atom stereocenters. The van der Waals surface area contributed by atoms with Gasteiger partial charge in [-0.1, -0.05) is 71.7 Å².